The molecule has 0 aliphatic rings. The van der Waals surface area contributed by atoms with Crippen LogP contribution >= 0.6 is 7.60 Å². The molecule has 0 aliphatic carbocycles. The first-order valence-electron chi connectivity index (χ1n) is 3.80. The molecule has 0 saturated heterocycles. The zero-order valence-electron chi connectivity index (χ0n) is 7.41. The van der Waals surface area contributed by atoms with E-state index in [0.717, 1.165) is 0 Å². The number of carbonyl (C=O) groups is 2. The number of hydrogen-bond donors (Lipinski definition) is 4. The maximum atomic E-state index is 12.9. The van der Waals surface area contributed by atoms with Crippen molar-refractivity contribution >= 4 is 19.5 Å². The van der Waals surface area contributed by atoms with Crippen LogP contribution in [0.15, 0.2) is 0 Å². The van der Waals surface area contributed by atoms with Crippen molar-refractivity contribution in [3.8, 4) is 0 Å². The van der Waals surface area contributed by atoms with Gasteiger partial charge in [0.1, 0.15) is 5.92 Å². The van der Waals surface area contributed by atoms with E-state index in [-0.39, 0.29) is 0 Å². The van der Waals surface area contributed by atoms with Crippen molar-refractivity contribution in [3.63, 3.8) is 0 Å². The Labute approximate surface area is 83.7 Å². The van der Waals surface area contributed by atoms with E-state index in [9.17, 15) is 18.5 Å². The predicted octanol–water partition coefficient (Wildman–Crippen LogP) is 0.0253. The summed E-state index contributed by atoms with van der Waals surface area (Å²) >= 11 is 0. The SMILES string of the molecule is O=C(O)CCC(C(=O)O)C(F)P(=O)(O)O. The van der Waals surface area contributed by atoms with Gasteiger partial charge in [-0.1, -0.05) is 0 Å². The van der Waals surface area contributed by atoms with Crippen molar-refractivity contribution in [1.29, 1.82) is 0 Å². The molecule has 0 fully saturated rings. The van der Waals surface area contributed by atoms with Gasteiger partial charge in [0.15, 0.2) is 0 Å². The van der Waals surface area contributed by atoms with Crippen LogP contribution in [0, 0.1) is 5.92 Å². The standard InChI is InChI=1S/C6H10FO7P/c7-5(15(12,13)14)3(6(10)11)1-2-4(8)9/h3,5H,1-2H2,(H,8,9)(H,10,11)(H2,12,13,14). The van der Waals surface area contributed by atoms with Crippen LogP contribution < -0.4 is 0 Å². The Kier molecular flexibility index (Phi) is 4.86. The number of halogens is 1. The fourth-order valence-corrected chi connectivity index (χ4v) is 1.64. The zero-order chi connectivity index (χ0) is 12.2. The van der Waals surface area contributed by atoms with Gasteiger partial charge in [-0.2, -0.15) is 0 Å². The molecule has 2 atom stereocenters. The monoisotopic (exact) mass is 244 g/mol. The molecule has 0 saturated carbocycles. The van der Waals surface area contributed by atoms with Crippen LogP contribution in [0.3, 0.4) is 0 Å². The molecule has 0 radical (unpaired) electrons. The molecule has 0 bridgehead atoms. The average molecular weight is 244 g/mol. The van der Waals surface area contributed by atoms with Crippen molar-refractivity contribution < 1.29 is 38.5 Å². The van der Waals surface area contributed by atoms with Gasteiger partial charge in [0.2, 0.25) is 5.91 Å². The Bertz CT molecular complexity index is 298. The first kappa shape index (κ1) is 14.0. The van der Waals surface area contributed by atoms with Crippen molar-refractivity contribution in [2.75, 3.05) is 0 Å². The molecule has 2 unspecified atom stereocenters. The third-order valence-corrected chi connectivity index (χ3v) is 2.64. The summed E-state index contributed by atoms with van der Waals surface area (Å²) in [5.74, 6) is -8.03. The smallest absolute Gasteiger partial charge is 0.360 e. The maximum Gasteiger partial charge on any atom is 0.360 e. The lowest BCUT2D eigenvalue weighted by molar-refractivity contribution is -0.144. The summed E-state index contributed by atoms with van der Waals surface area (Å²) in [6.07, 6.45) is -1.34. The summed E-state index contributed by atoms with van der Waals surface area (Å²) in [5, 5.41) is 16.7. The second-order valence-electron chi connectivity index (χ2n) is 2.84. The zero-order valence-corrected chi connectivity index (χ0v) is 8.30. The highest BCUT2D eigenvalue weighted by atomic mass is 31.2. The molecule has 0 aromatic heterocycles. The third-order valence-electron chi connectivity index (χ3n) is 1.64. The molecular formula is C6H10FO7P. The van der Waals surface area contributed by atoms with Gasteiger partial charge in [-0.05, 0) is 6.42 Å². The van der Waals surface area contributed by atoms with Crippen molar-refractivity contribution in [1.82, 2.24) is 0 Å². The van der Waals surface area contributed by atoms with Crippen molar-refractivity contribution in [2.45, 2.75) is 18.8 Å². The molecule has 9 heteroatoms. The second kappa shape index (κ2) is 5.20. The van der Waals surface area contributed by atoms with E-state index in [1.807, 2.05) is 0 Å². The number of hydrogen-bond acceptors (Lipinski definition) is 3. The summed E-state index contributed by atoms with van der Waals surface area (Å²) in [5.41, 5.74) is 0. The molecule has 0 aliphatic heterocycles. The molecule has 0 spiro atoms. The van der Waals surface area contributed by atoms with Crippen molar-refractivity contribution in [3.05, 3.63) is 0 Å². The van der Waals surface area contributed by atoms with E-state index in [1.54, 1.807) is 0 Å². The van der Waals surface area contributed by atoms with Gasteiger partial charge < -0.3 is 20.0 Å². The van der Waals surface area contributed by atoms with Crippen molar-refractivity contribution in [2.24, 2.45) is 5.92 Å². The van der Waals surface area contributed by atoms with E-state index in [4.69, 9.17) is 20.0 Å². The minimum atomic E-state index is -5.17. The second-order valence-corrected chi connectivity index (χ2v) is 4.51. The summed E-state index contributed by atoms with van der Waals surface area (Å²) in [7, 11) is -5.17. The van der Waals surface area contributed by atoms with Gasteiger partial charge in [0.05, 0.1) is 0 Å². The number of rotatable bonds is 6. The largest absolute Gasteiger partial charge is 0.481 e. The van der Waals surface area contributed by atoms with Gasteiger partial charge in [0.25, 0.3) is 0 Å². The number of carboxylic acid groups (broad SMARTS) is 2. The van der Waals surface area contributed by atoms with Crippen LogP contribution in [0.2, 0.25) is 0 Å². The minimum absolute atomic E-state index is 0.669. The molecule has 15 heavy (non-hydrogen) atoms. The molecule has 0 amide bonds. The summed E-state index contributed by atoms with van der Waals surface area (Å²) in [6.45, 7) is 0. The van der Waals surface area contributed by atoms with Crippen LogP contribution in [0.1, 0.15) is 12.8 Å². The summed E-state index contributed by atoms with van der Waals surface area (Å²) < 4.78 is 23.4. The Morgan fingerprint density at radius 2 is 1.73 bits per heavy atom. The van der Waals surface area contributed by atoms with E-state index in [2.05, 4.69) is 0 Å². The normalized spacial score (nSPS) is 15.7. The van der Waals surface area contributed by atoms with Crippen LogP contribution in [0.4, 0.5) is 4.39 Å². The lowest BCUT2D eigenvalue weighted by Crippen LogP contribution is -2.25. The minimum Gasteiger partial charge on any atom is -0.481 e. The molecular weight excluding hydrogens is 234 g/mol. The Morgan fingerprint density at radius 1 is 1.27 bits per heavy atom. The quantitative estimate of drug-likeness (QED) is 0.484. The fourth-order valence-electron chi connectivity index (χ4n) is 0.892. The average Bonchev–Trinajstić information content (AvgIpc) is 2.01. The summed E-state index contributed by atoms with van der Waals surface area (Å²) in [4.78, 5) is 37.3. The van der Waals surface area contributed by atoms with Gasteiger partial charge in [-0.15, -0.1) is 0 Å². The number of alkyl halides is 1. The third kappa shape index (κ3) is 4.87. The molecule has 0 aromatic carbocycles. The molecule has 88 valence electrons. The molecule has 0 aromatic rings. The van der Waals surface area contributed by atoms with Crippen LogP contribution in [-0.4, -0.2) is 37.9 Å². The van der Waals surface area contributed by atoms with Crippen LogP contribution in [0.5, 0.6) is 0 Å². The Balaban J connectivity index is 4.60. The summed E-state index contributed by atoms with van der Waals surface area (Å²) in [6, 6.07) is 0. The molecule has 0 heterocycles. The van der Waals surface area contributed by atoms with Gasteiger partial charge in [0, 0.05) is 6.42 Å². The highest BCUT2D eigenvalue weighted by Crippen LogP contribution is 2.46. The van der Waals surface area contributed by atoms with E-state index < -0.39 is 44.2 Å². The number of aliphatic carboxylic acids is 2. The van der Waals surface area contributed by atoms with E-state index >= 15 is 0 Å². The van der Waals surface area contributed by atoms with Gasteiger partial charge in [-0.3, -0.25) is 14.2 Å². The van der Waals surface area contributed by atoms with Gasteiger partial charge in [-0.25, -0.2) is 4.39 Å². The Hall–Kier alpha value is -0.980. The van der Waals surface area contributed by atoms with Gasteiger partial charge >= 0.3 is 19.5 Å². The lowest BCUT2D eigenvalue weighted by Gasteiger charge is -2.16. The Morgan fingerprint density at radius 3 is 2.00 bits per heavy atom. The number of carboxylic acids is 2. The molecule has 0 rings (SSSR count). The highest BCUT2D eigenvalue weighted by Gasteiger charge is 2.40. The van der Waals surface area contributed by atoms with E-state index in [0.29, 0.717) is 0 Å². The fraction of sp³-hybridized carbons (Fsp3) is 0.667. The maximum absolute atomic E-state index is 12.9. The van der Waals surface area contributed by atoms with Crippen LogP contribution in [0.25, 0.3) is 0 Å². The van der Waals surface area contributed by atoms with Crippen LogP contribution in [-0.2, 0) is 14.2 Å². The molecule has 4 N–H and O–H groups in total. The lowest BCUT2D eigenvalue weighted by atomic mass is 10.1. The van der Waals surface area contributed by atoms with E-state index in [1.165, 1.54) is 0 Å². The first-order valence-corrected chi connectivity index (χ1v) is 5.48. The highest BCUT2D eigenvalue weighted by molar-refractivity contribution is 7.52. The molecule has 7 nitrogen and oxygen atoms in total. The topological polar surface area (TPSA) is 132 Å². The first-order chi connectivity index (χ1) is 6.66. The predicted molar refractivity (Wildman–Crippen MR) is 44.9 cm³/mol.